The summed E-state index contributed by atoms with van der Waals surface area (Å²) in [6.45, 7) is 0.339. The zero-order valence-corrected chi connectivity index (χ0v) is 12.1. The highest BCUT2D eigenvalue weighted by molar-refractivity contribution is 6.27. The molecule has 9 heteroatoms. The molecule has 0 bridgehead atoms. The van der Waals surface area contributed by atoms with Crippen LogP contribution < -0.4 is 0 Å². The van der Waals surface area contributed by atoms with Crippen molar-refractivity contribution in [3.05, 3.63) is 35.7 Å². The summed E-state index contributed by atoms with van der Waals surface area (Å²) in [5.41, 5.74) is 1.18. The molecule has 118 valence electrons. The van der Waals surface area contributed by atoms with Gasteiger partial charge in [-0.2, -0.15) is 18.2 Å². The molecule has 0 N–H and O–H groups in total. The van der Waals surface area contributed by atoms with Crippen molar-refractivity contribution in [2.24, 2.45) is 0 Å². The molecule has 0 spiro atoms. The number of carbonyl (C=O) groups is 1. The number of amides is 1. The number of nitrogens with zero attached hydrogens (tertiary/aromatic N) is 3. The Morgan fingerprint density at radius 3 is 2.45 bits per heavy atom. The van der Waals surface area contributed by atoms with E-state index in [9.17, 15) is 18.0 Å². The van der Waals surface area contributed by atoms with Crippen molar-refractivity contribution in [1.29, 1.82) is 0 Å². The Bertz CT molecular complexity index is 655. The van der Waals surface area contributed by atoms with E-state index in [0.717, 1.165) is 5.56 Å². The molecule has 1 amide bonds. The maximum absolute atomic E-state index is 12.4. The Morgan fingerprint density at radius 1 is 1.32 bits per heavy atom. The standard InChI is InChI=1S/C13H11ClF3N3O2/c1-20(10(21)6-14)7-8-2-4-9(5-3-8)11-18-12(22-19-11)13(15,16)17/h2-5H,6-7H2,1H3. The summed E-state index contributed by atoms with van der Waals surface area (Å²) in [5.74, 6) is -1.88. The van der Waals surface area contributed by atoms with Crippen LogP contribution in [0.1, 0.15) is 11.5 Å². The number of hydrogen-bond donors (Lipinski definition) is 0. The van der Waals surface area contributed by atoms with E-state index in [2.05, 4.69) is 14.7 Å². The highest BCUT2D eigenvalue weighted by Crippen LogP contribution is 2.29. The molecule has 1 aromatic carbocycles. The van der Waals surface area contributed by atoms with Gasteiger partial charge in [-0.05, 0) is 5.56 Å². The van der Waals surface area contributed by atoms with E-state index in [1.807, 2.05) is 0 Å². The molecular weight excluding hydrogens is 323 g/mol. The molecule has 1 heterocycles. The summed E-state index contributed by atoms with van der Waals surface area (Å²) in [4.78, 5) is 16.1. The predicted octanol–water partition coefficient (Wildman–Crippen LogP) is 2.95. The molecule has 1 aromatic heterocycles. The van der Waals surface area contributed by atoms with E-state index in [1.54, 1.807) is 31.3 Å². The summed E-state index contributed by atoms with van der Waals surface area (Å²) < 4.78 is 41.3. The topological polar surface area (TPSA) is 59.2 Å². The molecule has 0 aliphatic carbocycles. The SMILES string of the molecule is CN(Cc1ccc(-c2noc(C(F)(F)F)n2)cc1)C(=O)CCl. The van der Waals surface area contributed by atoms with Gasteiger partial charge in [0.2, 0.25) is 11.7 Å². The number of aromatic nitrogens is 2. The van der Waals surface area contributed by atoms with Crippen LogP contribution in [0.5, 0.6) is 0 Å². The van der Waals surface area contributed by atoms with Gasteiger partial charge >= 0.3 is 12.1 Å². The molecule has 0 atom stereocenters. The number of alkyl halides is 4. The van der Waals surface area contributed by atoms with Crippen molar-refractivity contribution in [3.8, 4) is 11.4 Å². The van der Waals surface area contributed by atoms with Crippen molar-refractivity contribution in [2.45, 2.75) is 12.7 Å². The van der Waals surface area contributed by atoms with Crippen molar-refractivity contribution in [2.75, 3.05) is 12.9 Å². The second-order valence-corrected chi connectivity index (χ2v) is 4.77. The molecule has 0 saturated carbocycles. The number of hydrogen-bond acceptors (Lipinski definition) is 4. The van der Waals surface area contributed by atoms with E-state index in [0.29, 0.717) is 12.1 Å². The molecule has 0 saturated heterocycles. The van der Waals surface area contributed by atoms with Crippen LogP contribution in [0.2, 0.25) is 0 Å². The quantitative estimate of drug-likeness (QED) is 0.807. The summed E-state index contributed by atoms with van der Waals surface area (Å²) in [7, 11) is 1.60. The highest BCUT2D eigenvalue weighted by Gasteiger charge is 2.38. The fraction of sp³-hybridized carbons (Fsp3) is 0.308. The lowest BCUT2D eigenvalue weighted by atomic mass is 10.1. The number of halogens is 4. The van der Waals surface area contributed by atoms with Gasteiger partial charge in [-0.1, -0.05) is 29.4 Å². The van der Waals surface area contributed by atoms with Crippen LogP contribution in [0.4, 0.5) is 13.2 Å². The second kappa shape index (κ2) is 6.35. The van der Waals surface area contributed by atoms with Gasteiger partial charge in [0.25, 0.3) is 0 Å². The molecule has 2 rings (SSSR count). The lowest BCUT2D eigenvalue weighted by molar-refractivity contribution is -0.159. The van der Waals surface area contributed by atoms with Gasteiger partial charge in [0, 0.05) is 19.2 Å². The molecule has 0 aliphatic heterocycles. The molecule has 0 fully saturated rings. The first-order chi connectivity index (χ1) is 10.3. The van der Waals surface area contributed by atoms with Crippen molar-refractivity contribution in [1.82, 2.24) is 15.0 Å². The van der Waals surface area contributed by atoms with Crippen LogP contribution in [0.25, 0.3) is 11.4 Å². The third-order valence-electron chi connectivity index (χ3n) is 2.84. The Balaban J connectivity index is 2.12. The van der Waals surface area contributed by atoms with Gasteiger partial charge in [-0.15, -0.1) is 11.6 Å². The maximum Gasteiger partial charge on any atom is 0.471 e. The minimum Gasteiger partial charge on any atom is -0.340 e. The van der Waals surface area contributed by atoms with Gasteiger partial charge in [0.05, 0.1) is 0 Å². The lowest BCUT2D eigenvalue weighted by Crippen LogP contribution is -2.26. The smallest absolute Gasteiger partial charge is 0.340 e. The summed E-state index contributed by atoms with van der Waals surface area (Å²) in [6, 6.07) is 6.44. The normalized spacial score (nSPS) is 11.5. The van der Waals surface area contributed by atoms with E-state index in [4.69, 9.17) is 11.6 Å². The Hall–Kier alpha value is -2.09. The van der Waals surface area contributed by atoms with E-state index in [-0.39, 0.29) is 17.6 Å². The van der Waals surface area contributed by atoms with Crippen LogP contribution in [0.15, 0.2) is 28.8 Å². The Kier molecular flexibility index (Phi) is 4.70. The summed E-state index contributed by atoms with van der Waals surface area (Å²) in [5, 5.41) is 3.30. The average Bonchev–Trinajstić information content (AvgIpc) is 2.97. The highest BCUT2D eigenvalue weighted by atomic mass is 35.5. The second-order valence-electron chi connectivity index (χ2n) is 4.50. The van der Waals surface area contributed by atoms with Crippen LogP contribution >= 0.6 is 11.6 Å². The largest absolute Gasteiger partial charge is 0.471 e. The van der Waals surface area contributed by atoms with Gasteiger partial charge in [-0.25, -0.2) is 0 Å². The van der Waals surface area contributed by atoms with Crippen molar-refractivity contribution >= 4 is 17.5 Å². The monoisotopic (exact) mass is 333 g/mol. The van der Waals surface area contributed by atoms with Crippen LogP contribution in [-0.2, 0) is 17.5 Å². The maximum atomic E-state index is 12.4. The third-order valence-corrected chi connectivity index (χ3v) is 3.07. The van der Waals surface area contributed by atoms with Gasteiger partial charge in [-0.3, -0.25) is 4.79 Å². The minimum absolute atomic E-state index is 0.113. The molecule has 2 aromatic rings. The van der Waals surface area contributed by atoms with E-state index in [1.165, 1.54) is 4.90 Å². The summed E-state index contributed by atoms with van der Waals surface area (Å²) >= 11 is 5.45. The predicted molar refractivity (Wildman–Crippen MR) is 71.9 cm³/mol. The molecule has 5 nitrogen and oxygen atoms in total. The molecule has 0 radical (unpaired) electrons. The van der Waals surface area contributed by atoms with Crippen LogP contribution in [0, 0.1) is 0 Å². The van der Waals surface area contributed by atoms with Crippen LogP contribution in [-0.4, -0.2) is 33.9 Å². The average molecular weight is 334 g/mol. The molecule has 0 aliphatic rings. The fourth-order valence-electron chi connectivity index (χ4n) is 1.68. The lowest BCUT2D eigenvalue weighted by Gasteiger charge is -2.15. The van der Waals surface area contributed by atoms with E-state index >= 15 is 0 Å². The van der Waals surface area contributed by atoms with Gasteiger partial charge in [0.15, 0.2) is 0 Å². The fourth-order valence-corrected chi connectivity index (χ4v) is 1.88. The van der Waals surface area contributed by atoms with Crippen LogP contribution in [0.3, 0.4) is 0 Å². The van der Waals surface area contributed by atoms with Crippen molar-refractivity contribution in [3.63, 3.8) is 0 Å². The summed E-state index contributed by atoms with van der Waals surface area (Å²) in [6.07, 6.45) is -4.67. The zero-order chi connectivity index (χ0) is 16.3. The van der Waals surface area contributed by atoms with Gasteiger partial charge in [0.1, 0.15) is 5.88 Å². The first-order valence-corrected chi connectivity index (χ1v) is 6.65. The number of rotatable bonds is 4. The molecular formula is C13H11ClF3N3O2. The minimum atomic E-state index is -4.67. The number of carbonyl (C=O) groups excluding carboxylic acids is 1. The Morgan fingerprint density at radius 2 is 1.95 bits per heavy atom. The number of benzene rings is 1. The first kappa shape index (κ1) is 16.3. The van der Waals surface area contributed by atoms with E-state index < -0.39 is 12.1 Å². The zero-order valence-electron chi connectivity index (χ0n) is 11.4. The van der Waals surface area contributed by atoms with Gasteiger partial charge < -0.3 is 9.42 Å². The molecule has 22 heavy (non-hydrogen) atoms. The molecule has 0 unspecified atom stereocenters. The Labute approximate surface area is 128 Å². The first-order valence-electron chi connectivity index (χ1n) is 6.11. The van der Waals surface area contributed by atoms with Crippen molar-refractivity contribution < 1.29 is 22.5 Å². The third kappa shape index (κ3) is 3.76.